The number of carbonyl (C=O) groups excluding carboxylic acids is 1. The van der Waals surface area contributed by atoms with Gasteiger partial charge in [0.25, 0.3) is 5.91 Å². The lowest BCUT2D eigenvalue weighted by atomic mass is 10.1. The SMILES string of the molecule is COc1ccc(C)cc1-n1c(C)cc(/C=C2/C(=N)N3N=C(c4ccc(F)cc4)SC3=NC2=O)c1C. The minimum atomic E-state index is -0.498. The molecule has 5 rings (SSSR count). The number of rotatable bonds is 4. The molecule has 0 spiro atoms. The number of aromatic nitrogens is 1. The molecule has 0 atom stereocenters. The minimum Gasteiger partial charge on any atom is -0.495 e. The summed E-state index contributed by atoms with van der Waals surface area (Å²) in [6.45, 7) is 5.97. The molecule has 1 amide bonds. The Bertz CT molecular complexity index is 1480. The molecule has 9 heteroatoms. The Morgan fingerprint density at radius 1 is 1.09 bits per heavy atom. The molecule has 0 fully saturated rings. The number of benzene rings is 2. The molecule has 1 aromatic heterocycles. The Kier molecular flexibility index (Phi) is 5.64. The van der Waals surface area contributed by atoms with Gasteiger partial charge < -0.3 is 9.30 Å². The zero-order valence-electron chi connectivity index (χ0n) is 19.6. The number of hydrogen-bond acceptors (Lipinski definition) is 5. The normalized spacial score (nSPS) is 16.5. The molecule has 3 aromatic rings. The number of halogens is 1. The summed E-state index contributed by atoms with van der Waals surface area (Å²) in [7, 11) is 1.64. The van der Waals surface area contributed by atoms with E-state index in [1.54, 1.807) is 25.3 Å². The number of thioether (sulfide) groups is 1. The van der Waals surface area contributed by atoms with E-state index >= 15 is 0 Å². The number of aliphatic imine (C=N–C) groups is 1. The summed E-state index contributed by atoms with van der Waals surface area (Å²) in [5.41, 5.74) is 5.51. The lowest BCUT2D eigenvalue weighted by Crippen LogP contribution is -2.35. The molecule has 176 valence electrons. The summed E-state index contributed by atoms with van der Waals surface area (Å²) in [6.07, 6.45) is 1.68. The molecule has 0 aliphatic carbocycles. The second kappa shape index (κ2) is 8.66. The third-order valence-corrected chi connectivity index (χ3v) is 6.85. The van der Waals surface area contributed by atoms with Gasteiger partial charge in [0.05, 0.1) is 18.4 Å². The fourth-order valence-corrected chi connectivity index (χ4v) is 5.03. The van der Waals surface area contributed by atoms with Crippen LogP contribution in [0.3, 0.4) is 0 Å². The van der Waals surface area contributed by atoms with Crippen LogP contribution >= 0.6 is 11.8 Å². The molecule has 0 unspecified atom stereocenters. The first kappa shape index (κ1) is 22.8. The van der Waals surface area contributed by atoms with Crippen molar-refractivity contribution in [3.05, 3.63) is 88.0 Å². The number of aryl methyl sites for hydroxylation is 2. The van der Waals surface area contributed by atoms with Crippen molar-refractivity contribution < 1.29 is 13.9 Å². The number of ether oxygens (including phenoxy) is 1. The van der Waals surface area contributed by atoms with Gasteiger partial charge in [0.2, 0.25) is 5.17 Å². The third-order valence-electron chi connectivity index (χ3n) is 5.89. The highest BCUT2D eigenvalue weighted by Gasteiger charge is 2.36. The second-order valence-corrected chi connectivity index (χ2v) is 9.23. The van der Waals surface area contributed by atoms with Gasteiger partial charge in [-0.3, -0.25) is 10.2 Å². The zero-order chi connectivity index (χ0) is 24.9. The Morgan fingerprint density at radius 2 is 1.83 bits per heavy atom. The van der Waals surface area contributed by atoms with Crippen molar-refractivity contribution in [2.24, 2.45) is 10.1 Å². The number of nitrogens with zero attached hydrogens (tertiary/aromatic N) is 4. The van der Waals surface area contributed by atoms with Gasteiger partial charge in [-0.05, 0) is 92.2 Å². The van der Waals surface area contributed by atoms with Crippen molar-refractivity contribution in [3.63, 3.8) is 0 Å². The van der Waals surface area contributed by atoms with Gasteiger partial charge >= 0.3 is 0 Å². The standard InChI is InChI=1S/C26H22FN5O2S/c1-14-5-10-22(34-4)21(11-14)31-15(2)12-18(16(31)3)13-20-23(28)32-26(29-24(20)33)35-25(30-32)17-6-8-19(27)9-7-17/h5-13,28H,1-4H3/b20-13-,28-23?. The van der Waals surface area contributed by atoms with E-state index in [2.05, 4.69) is 14.7 Å². The lowest BCUT2D eigenvalue weighted by Gasteiger charge is -2.20. The van der Waals surface area contributed by atoms with E-state index < -0.39 is 5.91 Å². The fourth-order valence-electron chi connectivity index (χ4n) is 4.14. The van der Waals surface area contributed by atoms with Crippen LogP contribution in [0.25, 0.3) is 11.8 Å². The Morgan fingerprint density at radius 3 is 2.54 bits per heavy atom. The van der Waals surface area contributed by atoms with Crippen LogP contribution in [0.1, 0.15) is 28.1 Å². The molecule has 0 bridgehead atoms. The maximum absolute atomic E-state index is 13.3. The minimum absolute atomic E-state index is 0.0532. The van der Waals surface area contributed by atoms with E-state index in [-0.39, 0.29) is 17.2 Å². The van der Waals surface area contributed by atoms with Gasteiger partial charge in [-0.25, -0.2) is 4.39 Å². The van der Waals surface area contributed by atoms with Gasteiger partial charge in [-0.15, -0.1) is 0 Å². The van der Waals surface area contributed by atoms with Crippen LogP contribution in [0.4, 0.5) is 4.39 Å². The molecule has 2 aliphatic rings. The van der Waals surface area contributed by atoms with Crippen LogP contribution in [-0.4, -0.2) is 38.6 Å². The number of nitrogens with one attached hydrogen (secondary N) is 1. The lowest BCUT2D eigenvalue weighted by molar-refractivity contribution is -0.114. The number of hydrogen-bond donors (Lipinski definition) is 1. The summed E-state index contributed by atoms with van der Waals surface area (Å²) in [5.74, 6) is -0.157. The number of fused-ring (bicyclic) bond motifs is 1. The molecule has 3 heterocycles. The smallest absolute Gasteiger partial charge is 0.283 e. The summed E-state index contributed by atoms with van der Waals surface area (Å²) >= 11 is 1.18. The van der Waals surface area contributed by atoms with Crippen molar-refractivity contribution in [2.45, 2.75) is 20.8 Å². The van der Waals surface area contributed by atoms with Crippen molar-refractivity contribution in [1.82, 2.24) is 9.58 Å². The van der Waals surface area contributed by atoms with E-state index in [1.165, 1.54) is 28.9 Å². The van der Waals surface area contributed by atoms with Gasteiger partial charge in [0.1, 0.15) is 16.6 Å². The van der Waals surface area contributed by atoms with Gasteiger partial charge in [0.15, 0.2) is 5.84 Å². The monoisotopic (exact) mass is 487 g/mol. The molecule has 0 radical (unpaired) electrons. The Hall–Kier alpha value is -3.98. The van der Waals surface area contributed by atoms with Crippen LogP contribution in [0, 0.1) is 32.0 Å². The van der Waals surface area contributed by atoms with Crippen molar-refractivity contribution >= 4 is 39.8 Å². The van der Waals surface area contributed by atoms with Crippen molar-refractivity contribution in [1.29, 1.82) is 5.41 Å². The molecular weight excluding hydrogens is 465 g/mol. The molecule has 2 aromatic carbocycles. The third kappa shape index (κ3) is 3.97. The maximum atomic E-state index is 13.3. The quantitative estimate of drug-likeness (QED) is 0.512. The van der Waals surface area contributed by atoms with Crippen LogP contribution < -0.4 is 4.74 Å². The first-order valence-electron chi connectivity index (χ1n) is 10.9. The number of amidine groups is 2. The molecule has 0 saturated carbocycles. The molecule has 0 saturated heterocycles. The Balaban J connectivity index is 1.53. The van der Waals surface area contributed by atoms with Gasteiger partial charge in [0, 0.05) is 17.0 Å². The maximum Gasteiger partial charge on any atom is 0.283 e. The summed E-state index contributed by atoms with van der Waals surface area (Å²) in [4.78, 5) is 17.1. The van der Waals surface area contributed by atoms with Gasteiger partial charge in [-0.2, -0.15) is 15.1 Å². The predicted molar refractivity (Wildman–Crippen MR) is 137 cm³/mol. The summed E-state index contributed by atoms with van der Waals surface area (Å²) < 4.78 is 20.9. The number of amides is 1. The second-order valence-electron chi connectivity index (χ2n) is 8.27. The molecule has 2 aliphatic heterocycles. The summed E-state index contributed by atoms with van der Waals surface area (Å²) in [5, 5.41) is 15.3. The van der Waals surface area contributed by atoms with Crippen molar-refractivity contribution in [3.8, 4) is 11.4 Å². The first-order chi connectivity index (χ1) is 16.8. The number of hydrazone groups is 1. The van der Waals surface area contributed by atoms with Crippen LogP contribution in [-0.2, 0) is 4.79 Å². The average Bonchev–Trinajstić information content (AvgIpc) is 3.37. The fraction of sp³-hybridized carbons (Fsp3) is 0.154. The molecule has 7 nitrogen and oxygen atoms in total. The molecule has 35 heavy (non-hydrogen) atoms. The highest BCUT2D eigenvalue weighted by molar-refractivity contribution is 8.27. The highest BCUT2D eigenvalue weighted by atomic mass is 32.2. The van der Waals surface area contributed by atoms with E-state index in [9.17, 15) is 9.18 Å². The van der Waals surface area contributed by atoms with Gasteiger partial charge in [-0.1, -0.05) is 6.07 Å². The topological polar surface area (TPSA) is 83.0 Å². The van der Waals surface area contributed by atoms with E-state index in [0.29, 0.717) is 15.8 Å². The number of carbonyl (C=O) groups is 1. The average molecular weight is 488 g/mol. The number of methoxy groups -OCH3 is 1. The van der Waals surface area contributed by atoms with E-state index in [0.717, 1.165) is 34.0 Å². The predicted octanol–water partition coefficient (Wildman–Crippen LogP) is 5.22. The van der Waals surface area contributed by atoms with Crippen molar-refractivity contribution in [2.75, 3.05) is 7.11 Å². The molecular formula is C26H22FN5O2S. The highest BCUT2D eigenvalue weighted by Crippen LogP contribution is 2.33. The van der Waals surface area contributed by atoms with E-state index in [1.807, 2.05) is 45.0 Å². The largest absolute Gasteiger partial charge is 0.495 e. The Labute approximate surface area is 206 Å². The first-order valence-corrected chi connectivity index (χ1v) is 11.7. The van der Waals surface area contributed by atoms with E-state index in [4.69, 9.17) is 10.1 Å². The van der Waals surface area contributed by atoms with Crippen LogP contribution in [0.5, 0.6) is 5.75 Å². The van der Waals surface area contributed by atoms with Crippen LogP contribution in [0.15, 0.2) is 64.2 Å². The molecule has 1 N–H and O–H groups in total. The zero-order valence-corrected chi connectivity index (χ0v) is 20.4. The van der Waals surface area contributed by atoms with Crippen LogP contribution in [0.2, 0.25) is 0 Å². The summed E-state index contributed by atoms with van der Waals surface area (Å²) in [6, 6.07) is 13.8.